The highest BCUT2D eigenvalue weighted by Gasteiger charge is 2.36. The standard InChI is InChI=1S/C29H44F2/c1-3-5-20-6-8-21(9-7-20)10-11-22-12-13-24-17-25(15-14-23(24)16-22)26-18-28(30)27(4-2)29(31)19-26/h18-25H,3-17H2,1-2H3. The number of hydrogen-bond donors (Lipinski definition) is 0. The quantitative estimate of drug-likeness (QED) is 0.404. The predicted molar refractivity (Wildman–Crippen MR) is 126 cm³/mol. The molecule has 3 aliphatic rings. The molecule has 4 atom stereocenters. The maximum atomic E-state index is 14.3. The molecule has 3 aliphatic carbocycles. The van der Waals surface area contributed by atoms with Crippen molar-refractivity contribution in [1.29, 1.82) is 0 Å². The Morgan fingerprint density at radius 2 is 1.23 bits per heavy atom. The zero-order chi connectivity index (χ0) is 21.8. The van der Waals surface area contributed by atoms with Crippen LogP contribution in [0.2, 0.25) is 0 Å². The minimum atomic E-state index is -0.341. The summed E-state index contributed by atoms with van der Waals surface area (Å²) in [6, 6.07) is 3.27. The monoisotopic (exact) mass is 430 g/mol. The van der Waals surface area contributed by atoms with Gasteiger partial charge in [0, 0.05) is 5.56 Å². The molecule has 1 aromatic rings. The minimum Gasteiger partial charge on any atom is -0.207 e. The lowest BCUT2D eigenvalue weighted by Crippen LogP contribution is -2.31. The highest BCUT2D eigenvalue weighted by atomic mass is 19.1. The molecule has 31 heavy (non-hydrogen) atoms. The summed E-state index contributed by atoms with van der Waals surface area (Å²) in [7, 11) is 0. The van der Waals surface area contributed by atoms with Gasteiger partial charge in [0.2, 0.25) is 0 Å². The van der Waals surface area contributed by atoms with Crippen molar-refractivity contribution in [1.82, 2.24) is 0 Å². The smallest absolute Gasteiger partial charge is 0.129 e. The lowest BCUT2D eigenvalue weighted by Gasteiger charge is -2.43. The molecule has 1 aromatic carbocycles. The van der Waals surface area contributed by atoms with Gasteiger partial charge in [-0.1, -0.05) is 71.6 Å². The molecular formula is C29H44F2. The summed E-state index contributed by atoms with van der Waals surface area (Å²) in [6.45, 7) is 4.15. The van der Waals surface area contributed by atoms with Crippen LogP contribution in [0.5, 0.6) is 0 Å². The molecule has 4 rings (SSSR count). The van der Waals surface area contributed by atoms with Gasteiger partial charge >= 0.3 is 0 Å². The fourth-order valence-corrected chi connectivity index (χ4v) is 7.44. The van der Waals surface area contributed by atoms with Gasteiger partial charge in [-0.25, -0.2) is 8.78 Å². The third-order valence-electron chi connectivity index (χ3n) is 9.36. The lowest BCUT2D eigenvalue weighted by molar-refractivity contribution is 0.108. The molecule has 2 heteroatoms. The first-order chi connectivity index (χ1) is 15.1. The van der Waals surface area contributed by atoms with Gasteiger partial charge in [0.25, 0.3) is 0 Å². The zero-order valence-corrected chi connectivity index (χ0v) is 20.0. The molecule has 174 valence electrons. The second kappa shape index (κ2) is 10.8. The van der Waals surface area contributed by atoms with E-state index in [0.717, 1.165) is 48.0 Å². The Hall–Kier alpha value is -0.920. The molecule has 0 aromatic heterocycles. The molecule has 0 heterocycles. The maximum absolute atomic E-state index is 14.3. The fraction of sp³-hybridized carbons (Fsp3) is 0.793. The van der Waals surface area contributed by atoms with Crippen molar-refractivity contribution in [3.8, 4) is 0 Å². The van der Waals surface area contributed by atoms with Crippen LogP contribution >= 0.6 is 0 Å². The van der Waals surface area contributed by atoms with E-state index in [1.165, 1.54) is 77.0 Å². The third-order valence-corrected chi connectivity index (χ3v) is 9.36. The topological polar surface area (TPSA) is 0 Å². The molecule has 0 aliphatic heterocycles. The Kier molecular flexibility index (Phi) is 8.10. The van der Waals surface area contributed by atoms with Crippen molar-refractivity contribution in [2.75, 3.05) is 0 Å². The van der Waals surface area contributed by atoms with Gasteiger partial charge in [0.15, 0.2) is 0 Å². The second-order valence-electron chi connectivity index (χ2n) is 11.3. The van der Waals surface area contributed by atoms with E-state index in [1.807, 2.05) is 6.92 Å². The van der Waals surface area contributed by atoms with E-state index in [2.05, 4.69) is 6.92 Å². The molecule has 0 amide bonds. The third kappa shape index (κ3) is 5.72. The Bertz CT molecular complexity index is 680. The van der Waals surface area contributed by atoms with Gasteiger partial charge in [-0.05, 0) is 91.7 Å². The van der Waals surface area contributed by atoms with Gasteiger partial charge in [0.1, 0.15) is 11.6 Å². The second-order valence-corrected chi connectivity index (χ2v) is 11.3. The summed E-state index contributed by atoms with van der Waals surface area (Å²) in [6.07, 6.45) is 19.7. The summed E-state index contributed by atoms with van der Waals surface area (Å²) >= 11 is 0. The van der Waals surface area contributed by atoms with E-state index in [1.54, 1.807) is 12.1 Å². The van der Waals surface area contributed by atoms with Gasteiger partial charge < -0.3 is 0 Å². The average molecular weight is 431 g/mol. The van der Waals surface area contributed by atoms with E-state index >= 15 is 0 Å². The van der Waals surface area contributed by atoms with Crippen LogP contribution in [0.1, 0.15) is 121 Å². The molecule has 0 radical (unpaired) electrons. The molecule has 3 fully saturated rings. The maximum Gasteiger partial charge on any atom is 0.129 e. The number of benzene rings is 1. The van der Waals surface area contributed by atoms with Crippen LogP contribution in [0.3, 0.4) is 0 Å². The van der Waals surface area contributed by atoms with Crippen LogP contribution in [0, 0.1) is 41.2 Å². The number of rotatable bonds is 7. The average Bonchev–Trinajstić information content (AvgIpc) is 2.78. The highest BCUT2D eigenvalue weighted by molar-refractivity contribution is 5.29. The van der Waals surface area contributed by atoms with E-state index in [0.29, 0.717) is 12.3 Å². The van der Waals surface area contributed by atoms with Gasteiger partial charge in [-0.2, -0.15) is 0 Å². The molecule has 0 N–H and O–H groups in total. The van der Waals surface area contributed by atoms with Crippen LogP contribution < -0.4 is 0 Å². The van der Waals surface area contributed by atoms with Crippen molar-refractivity contribution < 1.29 is 8.78 Å². The predicted octanol–water partition coefficient (Wildman–Crippen LogP) is 9.21. The first-order valence-corrected chi connectivity index (χ1v) is 13.5. The summed E-state index contributed by atoms with van der Waals surface area (Å²) in [5, 5.41) is 0. The first kappa shape index (κ1) is 23.2. The zero-order valence-electron chi connectivity index (χ0n) is 20.0. The van der Waals surface area contributed by atoms with Crippen LogP contribution in [-0.4, -0.2) is 0 Å². The van der Waals surface area contributed by atoms with Crippen molar-refractivity contribution in [2.24, 2.45) is 29.6 Å². The summed E-state index contributed by atoms with van der Waals surface area (Å²) in [5.74, 6) is 4.26. The Labute approximate surface area is 189 Å². The Morgan fingerprint density at radius 1 is 0.677 bits per heavy atom. The van der Waals surface area contributed by atoms with Crippen LogP contribution in [0.15, 0.2) is 12.1 Å². The number of halogens is 2. The molecule has 4 unspecified atom stereocenters. The van der Waals surface area contributed by atoms with Crippen molar-refractivity contribution in [3.05, 3.63) is 34.9 Å². The summed E-state index contributed by atoms with van der Waals surface area (Å²) in [5.41, 5.74) is 1.16. The Balaban J connectivity index is 1.24. The molecular weight excluding hydrogens is 386 g/mol. The molecule has 0 nitrogen and oxygen atoms in total. The van der Waals surface area contributed by atoms with E-state index < -0.39 is 0 Å². The van der Waals surface area contributed by atoms with Gasteiger partial charge in [-0.15, -0.1) is 0 Å². The van der Waals surface area contributed by atoms with Crippen molar-refractivity contribution in [3.63, 3.8) is 0 Å². The molecule has 0 spiro atoms. The molecule has 0 saturated heterocycles. The van der Waals surface area contributed by atoms with E-state index in [-0.39, 0.29) is 17.2 Å². The summed E-state index contributed by atoms with van der Waals surface area (Å²) in [4.78, 5) is 0. The first-order valence-electron chi connectivity index (χ1n) is 13.5. The van der Waals surface area contributed by atoms with E-state index in [4.69, 9.17) is 0 Å². The van der Waals surface area contributed by atoms with Crippen LogP contribution in [0.25, 0.3) is 0 Å². The van der Waals surface area contributed by atoms with Crippen molar-refractivity contribution >= 4 is 0 Å². The fourth-order valence-electron chi connectivity index (χ4n) is 7.44. The summed E-state index contributed by atoms with van der Waals surface area (Å²) < 4.78 is 28.6. The van der Waals surface area contributed by atoms with E-state index in [9.17, 15) is 8.78 Å². The largest absolute Gasteiger partial charge is 0.207 e. The van der Waals surface area contributed by atoms with Crippen LogP contribution in [0.4, 0.5) is 8.78 Å². The van der Waals surface area contributed by atoms with Gasteiger partial charge in [0.05, 0.1) is 0 Å². The minimum absolute atomic E-state index is 0.247. The Morgan fingerprint density at radius 3 is 1.87 bits per heavy atom. The molecule has 0 bridgehead atoms. The normalized spacial score (nSPS) is 33.8. The molecule has 3 saturated carbocycles. The SMILES string of the molecule is CCCC1CCC(CCC2CCC3CC(c4cc(F)c(CC)c(F)c4)CCC3C2)CC1. The highest BCUT2D eigenvalue weighted by Crippen LogP contribution is 2.49. The van der Waals surface area contributed by atoms with Crippen molar-refractivity contribution in [2.45, 2.75) is 116 Å². The van der Waals surface area contributed by atoms with Crippen LogP contribution in [-0.2, 0) is 6.42 Å². The number of fused-ring (bicyclic) bond motifs is 1. The van der Waals surface area contributed by atoms with Gasteiger partial charge in [-0.3, -0.25) is 0 Å². The number of hydrogen-bond acceptors (Lipinski definition) is 0. The lowest BCUT2D eigenvalue weighted by atomic mass is 9.63.